The summed E-state index contributed by atoms with van der Waals surface area (Å²) in [6, 6.07) is 9.76. The lowest BCUT2D eigenvalue weighted by molar-refractivity contribution is -0.384. The zero-order valence-electron chi connectivity index (χ0n) is 14.5. The molecular weight excluding hydrogens is 334 g/mol. The summed E-state index contributed by atoms with van der Waals surface area (Å²) in [5, 5.41) is 14.6. The zero-order valence-corrected chi connectivity index (χ0v) is 14.5. The van der Waals surface area contributed by atoms with Crippen molar-refractivity contribution >= 4 is 17.3 Å². The highest BCUT2D eigenvalue weighted by Crippen LogP contribution is 2.29. The number of rotatable bonds is 5. The predicted octanol–water partition coefficient (Wildman–Crippen LogP) is 2.34. The van der Waals surface area contributed by atoms with Crippen LogP contribution in [0.15, 0.2) is 42.6 Å². The van der Waals surface area contributed by atoms with Gasteiger partial charge in [0, 0.05) is 37.0 Å². The third kappa shape index (κ3) is 3.80. The summed E-state index contributed by atoms with van der Waals surface area (Å²) in [6.07, 6.45) is 2.42. The number of carbonyl (C=O) groups excluding carboxylic acids is 1. The molecule has 1 aliphatic rings. The van der Waals surface area contributed by atoms with Crippen molar-refractivity contribution in [3.63, 3.8) is 0 Å². The molecule has 2 aromatic rings. The first-order chi connectivity index (χ1) is 12.5. The second-order valence-corrected chi connectivity index (χ2v) is 6.41. The number of nitrogens with one attached hydrogen (secondary N) is 1. The number of hydrogen-bond acceptors (Lipinski definition) is 6. The largest absolute Gasteiger partial charge is 0.371 e. The first-order valence-electron chi connectivity index (χ1n) is 8.46. The van der Waals surface area contributed by atoms with Crippen molar-refractivity contribution in [2.24, 2.45) is 5.73 Å². The van der Waals surface area contributed by atoms with E-state index in [0.717, 1.165) is 12.1 Å². The highest BCUT2D eigenvalue weighted by atomic mass is 16.6. The van der Waals surface area contributed by atoms with Gasteiger partial charge in [0.05, 0.1) is 16.7 Å². The fourth-order valence-electron chi connectivity index (χ4n) is 3.03. The Balaban J connectivity index is 1.83. The Bertz CT molecular complexity index is 812. The van der Waals surface area contributed by atoms with Gasteiger partial charge in [-0.05, 0) is 37.6 Å². The van der Waals surface area contributed by atoms with Crippen LogP contribution < -0.4 is 11.1 Å². The monoisotopic (exact) mass is 355 g/mol. The van der Waals surface area contributed by atoms with Crippen LogP contribution in [0.3, 0.4) is 0 Å². The van der Waals surface area contributed by atoms with Gasteiger partial charge in [0.2, 0.25) is 0 Å². The fraction of sp³-hybridized carbons (Fsp3) is 0.333. The highest BCUT2D eigenvalue weighted by molar-refractivity contribution is 5.96. The van der Waals surface area contributed by atoms with Crippen LogP contribution in [0.25, 0.3) is 0 Å². The zero-order chi connectivity index (χ0) is 18.7. The van der Waals surface area contributed by atoms with E-state index in [1.54, 1.807) is 23.2 Å². The minimum atomic E-state index is -0.486. The quantitative estimate of drug-likeness (QED) is 0.628. The van der Waals surface area contributed by atoms with Gasteiger partial charge in [-0.2, -0.15) is 0 Å². The Labute approximate surface area is 151 Å². The molecule has 1 saturated heterocycles. The van der Waals surface area contributed by atoms with E-state index in [0.29, 0.717) is 24.3 Å². The molecule has 1 amide bonds. The number of nitro benzene ring substituents is 1. The van der Waals surface area contributed by atoms with Gasteiger partial charge < -0.3 is 16.0 Å². The topological polar surface area (TPSA) is 114 Å². The van der Waals surface area contributed by atoms with Crippen molar-refractivity contribution in [2.45, 2.75) is 25.4 Å². The molecule has 136 valence electrons. The lowest BCUT2D eigenvalue weighted by Crippen LogP contribution is -2.31. The van der Waals surface area contributed by atoms with Gasteiger partial charge in [0.25, 0.3) is 11.6 Å². The van der Waals surface area contributed by atoms with Gasteiger partial charge >= 0.3 is 0 Å². The number of nitrogens with two attached hydrogens (primary N) is 1. The molecule has 2 heterocycles. The number of nitro groups is 1. The molecule has 3 rings (SSSR count). The van der Waals surface area contributed by atoms with Crippen LogP contribution in [-0.2, 0) is 0 Å². The van der Waals surface area contributed by atoms with E-state index in [4.69, 9.17) is 5.73 Å². The second kappa shape index (κ2) is 7.49. The number of amides is 1. The maximum absolute atomic E-state index is 12.5. The molecule has 26 heavy (non-hydrogen) atoms. The number of hydrogen-bond donors (Lipinski definition) is 2. The Morgan fingerprint density at radius 3 is 2.85 bits per heavy atom. The van der Waals surface area contributed by atoms with Gasteiger partial charge in [-0.3, -0.25) is 19.9 Å². The van der Waals surface area contributed by atoms with Crippen LogP contribution in [0, 0.1) is 10.1 Å². The van der Waals surface area contributed by atoms with E-state index in [9.17, 15) is 14.9 Å². The van der Waals surface area contributed by atoms with Crippen LogP contribution in [0.5, 0.6) is 0 Å². The maximum Gasteiger partial charge on any atom is 0.293 e. The molecule has 2 atom stereocenters. The SMILES string of the molecule is CC(Nc1ccc(C(=O)N2CC[C@@H](N)C2)cc1[N+](=O)[O-])c1ccccn1. The number of likely N-dealkylation sites (tertiary alicyclic amines) is 1. The molecular formula is C18H21N5O3. The Hall–Kier alpha value is -3.00. The number of pyridine rings is 1. The fourth-order valence-corrected chi connectivity index (χ4v) is 3.03. The molecule has 0 aliphatic carbocycles. The van der Waals surface area contributed by atoms with Crippen molar-refractivity contribution in [3.8, 4) is 0 Å². The van der Waals surface area contributed by atoms with E-state index < -0.39 is 4.92 Å². The smallest absolute Gasteiger partial charge is 0.293 e. The average Bonchev–Trinajstić information content (AvgIpc) is 3.08. The van der Waals surface area contributed by atoms with Gasteiger partial charge in [-0.15, -0.1) is 0 Å². The molecule has 3 N–H and O–H groups in total. The molecule has 0 radical (unpaired) electrons. The normalized spacial score (nSPS) is 17.8. The van der Waals surface area contributed by atoms with Crippen molar-refractivity contribution < 1.29 is 9.72 Å². The van der Waals surface area contributed by atoms with Crippen molar-refractivity contribution in [1.82, 2.24) is 9.88 Å². The molecule has 1 aliphatic heterocycles. The molecule has 1 aromatic carbocycles. The van der Waals surface area contributed by atoms with Crippen molar-refractivity contribution in [1.29, 1.82) is 0 Å². The first kappa shape index (κ1) is 17.8. The van der Waals surface area contributed by atoms with Gasteiger partial charge in [-0.1, -0.05) is 6.07 Å². The highest BCUT2D eigenvalue weighted by Gasteiger charge is 2.26. The van der Waals surface area contributed by atoms with Gasteiger partial charge in [0.1, 0.15) is 5.69 Å². The molecule has 1 fully saturated rings. The number of aromatic nitrogens is 1. The summed E-state index contributed by atoms with van der Waals surface area (Å²) in [5.74, 6) is -0.231. The van der Waals surface area contributed by atoms with Crippen LogP contribution in [-0.4, -0.2) is 39.8 Å². The third-order valence-corrected chi connectivity index (χ3v) is 4.46. The Kier molecular flexibility index (Phi) is 5.13. The van der Waals surface area contributed by atoms with Gasteiger partial charge in [0.15, 0.2) is 0 Å². The lowest BCUT2D eigenvalue weighted by atomic mass is 10.1. The lowest BCUT2D eigenvalue weighted by Gasteiger charge is -2.17. The van der Waals surface area contributed by atoms with E-state index in [1.165, 1.54) is 6.07 Å². The molecule has 0 bridgehead atoms. The second-order valence-electron chi connectivity index (χ2n) is 6.41. The summed E-state index contributed by atoms with van der Waals surface area (Å²) < 4.78 is 0. The van der Waals surface area contributed by atoms with Crippen LogP contribution in [0.4, 0.5) is 11.4 Å². The summed E-state index contributed by atoms with van der Waals surface area (Å²) in [7, 11) is 0. The van der Waals surface area contributed by atoms with E-state index in [2.05, 4.69) is 10.3 Å². The number of nitrogens with zero attached hydrogens (tertiary/aromatic N) is 3. The third-order valence-electron chi connectivity index (χ3n) is 4.46. The summed E-state index contributed by atoms with van der Waals surface area (Å²) >= 11 is 0. The van der Waals surface area contributed by atoms with Crippen molar-refractivity contribution in [2.75, 3.05) is 18.4 Å². The number of carbonyl (C=O) groups is 1. The van der Waals surface area contributed by atoms with E-state index in [1.807, 2.05) is 25.1 Å². The summed E-state index contributed by atoms with van der Waals surface area (Å²) in [4.78, 5) is 29.4. The van der Waals surface area contributed by atoms with Crippen molar-refractivity contribution in [3.05, 3.63) is 64.0 Å². The Morgan fingerprint density at radius 1 is 1.42 bits per heavy atom. The number of anilines is 1. The number of benzene rings is 1. The van der Waals surface area contributed by atoms with E-state index in [-0.39, 0.29) is 23.7 Å². The van der Waals surface area contributed by atoms with Crippen LogP contribution in [0.2, 0.25) is 0 Å². The molecule has 1 unspecified atom stereocenters. The van der Waals surface area contributed by atoms with Gasteiger partial charge in [-0.25, -0.2) is 0 Å². The predicted molar refractivity (Wildman–Crippen MR) is 97.9 cm³/mol. The molecule has 1 aromatic heterocycles. The Morgan fingerprint density at radius 2 is 2.23 bits per heavy atom. The summed E-state index contributed by atoms with van der Waals surface area (Å²) in [5.41, 5.74) is 7.11. The minimum Gasteiger partial charge on any atom is -0.371 e. The average molecular weight is 355 g/mol. The minimum absolute atomic E-state index is 0.0332. The van der Waals surface area contributed by atoms with E-state index >= 15 is 0 Å². The molecule has 8 heteroatoms. The van der Waals surface area contributed by atoms with Crippen LogP contribution in [0.1, 0.15) is 35.4 Å². The maximum atomic E-state index is 12.5. The standard InChI is InChI=1S/C18H21N5O3/c1-12(15-4-2-3-8-20-15)21-16-6-5-13(10-17(16)23(25)26)18(24)22-9-7-14(19)11-22/h2-6,8,10,12,14,21H,7,9,11,19H2,1H3/t12?,14-/m1/s1. The molecule has 0 spiro atoms. The molecule has 8 nitrogen and oxygen atoms in total. The van der Waals surface area contributed by atoms with Crippen LogP contribution >= 0.6 is 0 Å². The summed E-state index contributed by atoms with van der Waals surface area (Å²) in [6.45, 7) is 2.92. The molecule has 0 saturated carbocycles. The first-order valence-corrected chi connectivity index (χ1v) is 8.46.